The summed E-state index contributed by atoms with van der Waals surface area (Å²) >= 11 is 0. The van der Waals surface area contributed by atoms with Crippen LogP contribution in [-0.4, -0.2) is 0 Å². The second kappa shape index (κ2) is 7.64. The van der Waals surface area contributed by atoms with Crippen molar-refractivity contribution in [2.75, 3.05) is 0 Å². The zero-order valence-electron chi connectivity index (χ0n) is 15.3. The molecule has 28 heavy (non-hydrogen) atoms. The molecule has 0 unspecified atom stereocenters. The first kappa shape index (κ1) is 22.6. The molecule has 9 heteroatoms. The van der Waals surface area contributed by atoms with E-state index in [9.17, 15) is 25.2 Å². The third kappa shape index (κ3) is 7.40. The summed E-state index contributed by atoms with van der Waals surface area (Å²) in [5.41, 5.74) is 0. The zero-order chi connectivity index (χ0) is 21.1. The fourth-order valence-electron chi connectivity index (χ4n) is 2.64. The molecule has 0 saturated heterocycles. The van der Waals surface area contributed by atoms with Crippen molar-refractivity contribution in [3.8, 4) is 11.5 Å². The van der Waals surface area contributed by atoms with Crippen LogP contribution in [0.3, 0.4) is 0 Å². The minimum atomic E-state index is -10.7. The number of para-hydroxylation sites is 2. The molecule has 0 aliphatic carbocycles. The number of fused-ring (bicyclic) bond motifs is 2. The van der Waals surface area contributed by atoms with Crippen molar-refractivity contribution in [3.05, 3.63) is 59.5 Å². The van der Waals surface area contributed by atoms with Crippen LogP contribution in [0.5, 0.6) is 11.5 Å². The van der Waals surface area contributed by atoms with Crippen molar-refractivity contribution < 1.29 is 29.9 Å². The van der Waals surface area contributed by atoms with Gasteiger partial charge in [0.1, 0.15) is 15.8 Å². The van der Waals surface area contributed by atoms with Crippen LogP contribution in [0.2, 0.25) is 0 Å². The third-order valence-corrected chi connectivity index (χ3v) is 6.24. The molecule has 1 aliphatic heterocycles. The van der Waals surface area contributed by atoms with Gasteiger partial charge in [0, 0.05) is 6.42 Å². The van der Waals surface area contributed by atoms with Crippen molar-refractivity contribution in [2.24, 2.45) is 0 Å². The van der Waals surface area contributed by atoms with Crippen molar-refractivity contribution in [1.29, 1.82) is 0 Å². The first-order chi connectivity index (χ1) is 12.8. The van der Waals surface area contributed by atoms with E-state index in [0.717, 1.165) is 11.5 Å². The Kier molecular flexibility index (Phi) is 6.17. The number of hydrogen-bond acceptors (Lipinski definition) is 1. The summed E-state index contributed by atoms with van der Waals surface area (Å²) in [7, 11) is -10.7. The Morgan fingerprint density at radius 1 is 0.893 bits per heavy atom. The predicted molar refractivity (Wildman–Crippen MR) is 104 cm³/mol. The van der Waals surface area contributed by atoms with E-state index in [1.807, 2.05) is 0 Å². The molecule has 0 amide bonds. The van der Waals surface area contributed by atoms with Gasteiger partial charge in [-0.2, -0.15) is 0 Å². The van der Waals surface area contributed by atoms with E-state index >= 15 is 0 Å². The molecular weight excluding hydrogens is 421 g/mol. The Morgan fingerprint density at radius 3 is 1.71 bits per heavy atom. The van der Waals surface area contributed by atoms with Gasteiger partial charge in [-0.05, 0) is 43.7 Å². The Bertz CT molecular complexity index is 807. The number of ether oxygens (including phenoxy) is 1. The first-order valence-electron chi connectivity index (χ1n) is 8.62. The summed E-state index contributed by atoms with van der Waals surface area (Å²) in [5, 5.41) is 0. The molecule has 2 aromatic carbocycles. The summed E-state index contributed by atoms with van der Waals surface area (Å²) < 4.78 is 65.3. The van der Waals surface area contributed by atoms with Gasteiger partial charge >= 0.3 is 33.0 Å². The summed E-state index contributed by atoms with van der Waals surface area (Å²) in [6.07, 6.45) is 5.94. The van der Waals surface area contributed by atoms with Crippen molar-refractivity contribution in [1.82, 2.24) is 0 Å². The third-order valence-electron chi connectivity index (χ3n) is 3.72. The average Bonchev–Trinajstić information content (AvgIpc) is 2.58. The molecule has 0 spiro atoms. The molecule has 1 heterocycles. The molecule has 3 rings (SSSR count). The molecule has 0 bridgehead atoms. The Balaban J connectivity index is 0.000000345. The average molecular weight is 442 g/mol. The minimum absolute atomic E-state index is 0.00228. The van der Waals surface area contributed by atoms with E-state index in [1.165, 1.54) is 34.0 Å². The predicted octanol–water partition coefficient (Wildman–Crippen LogP) is 9.30. The fraction of sp³-hybridized carbons (Fsp3) is 0.263. The summed E-state index contributed by atoms with van der Waals surface area (Å²) in [6.45, 7) is 4.42. The van der Waals surface area contributed by atoms with Gasteiger partial charge in [0.05, 0.1) is 0 Å². The molecule has 0 saturated carbocycles. The topological polar surface area (TPSA) is 9.23 Å². The molecule has 0 radical (unpaired) electrons. The maximum atomic E-state index is 9.87. The van der Waals surface area contributed by atoms with Gasteiger partial charge in [0.15, 0.2) is 11.5 Å². The van der Waals surface area contributed by atoms with Crippen LogP contribution in [0.4, 0.5) is 25.2 Å². The van der Waals surface area contributed by atoms with Crippen LogP contribution in [-0.2, 0) is 10.9 Å². The molecule has 2 aromatic rings. The van der Waals surface area contributed by atoms with E-state index in [0.29, 0.717) is 0 Å². The van der Waals surface area contributed by atoms with Crippen LogP contribution in [0.25, 0.3) is 0 Å². The van der Waals surface area contributed by atoms with E-state index in [4.69, 9.17) is 4.74 Å². The maximum absolute atomic E-state index is 10.7. The van der Waals surface area contributed by atoms with Crippen LogP contribution in [0, 0.1) is 0 Å². The molecular formula is C19H21F6OPS. The molecule has 0 atom stereocenters. The van der Waals surface area contributed by atoms with E-state index in [-0.39, 0.29) is 10.9 Å². The van der Waals surface area contributed by atoms with Gasteiger partial charge < -0.3 is 4.74 Å². The second-order valence-electron chi connectivity index (χ2n) is 6.12. The summed E-state index contributed by atoms with van der Waals surface area (Å²) in [4.78, 5) is 4.17. The second-order valence-corrected chi connectivity index (χ2v) is 10.1. The van der Waals surface area contributed by atoms with Gasteiger partial charge in [-0.25, -0.2) is 0 Å². The Labute approximate surface area is 163 Å². The number of benzene rings is 2. The SMILES string of the molecule is C/C=C(\CCCC)[S+]1c2ccccc2Oc2ccccc21.F[P-](F)(F)(F)(F)F. The zero-order valence-corrected chi connectivity index (χ0v) is 17.1. The number of halogens is 6. The van der Waals surface area contributed by atoms with Gasteiger partial charge in [0.25, 0.3) is 0 Å². The standard InChI is InChI=1S/C19H21OS.F6P/c1-3-5-10-15(4-2)21-18-13-8-6-11-16(18)20-17-12-7-9-14-19(17)21;1-7(2,3,4,5)6/h4,6-9,11-14H,3,5,10H2,1-2H3;/q+1;-1/b15-4+;. The molecule has 156 valence electrons. The number of allylic oxidation sites excluding steroid dienone is 2. The van der Waals surface area contributed by atoms with Gasteiger partial charge in [-0.15, -0.1) is 0 Å². The van der Waals surface area contributed by atoms with E-state index < -0.39 is 7.81 Å². The summed E-state index contributed by atoms with van der Waals surface area (Å²) in [5.74, 6) is 2.02. The van der Waals surface area contributed by atoms with E-state index in [2.05, 4.69) is 68.5 Å². The van der Waals surface area contributed by atoms with Crippen molar-refractivity contribution >= 4 is 18.7 Å². The van der Waals surface area contributed by atoms with Gasteiger partial charge in [-0.1, -0.05) is 37.6 Å². The molecule has 0 N–H and O–H groups in total. The molecule has 0 aromatic heterocycles. The van der Waals surface area contributed by atoms with Gasteiger partial charge in [-0.3, -0.25) is 0 Å². The van der Waals surface area contributed by atoms with Gasteiger partial charge in [0.2, 0.25) is 9.79 Å². The Hall–Kier alpha value is -1.66. The molecule has 1 aliphatic rings. The van der Waals surface area contributed by atoms with Crippen LogP contribution in [0.15, 0.2) is 69.3 Å². The number of rotatable bonds is 4. The van der Waals surface area contributed by atoms with E-state index in [1.54, 1.807) is 0 Å². The van der Waals surface area contributed by atoms with Crippen LogP contribution in [0.1, 0.15) is 33.1 Å². The molecule has 0 fully saturated rings. The molecule has 1 nitrogen and oxygen atoms in total. The van der Waals surface area contributed by atoms with Crippen molar-refractivity contribution in [3.63, 3.8) is 0 Å². The monoisotopic (exact) mass is 442 g/mol. The van der Waals surface area contributed by atoms with Crippen LogP contribution < -0.4 is 4.74 Å². The summed E-state index contributed by atoms with van der Waals surface area (Å²) in [6, 6.07) is 16.9. The number of hydrogen-bond donors (Lipinski definition) is 0. The normalized spacial score (nSPS) is 16.5. The first-order valence-corrected chi connectivity index (χ1v) is 11.9. The van der Waals surface area contributed by atoms with Crippen molar-refractivity contribution in [2.45, 2.75) is 42.9 Å². The Morgan fingerprint density at radius 2 is 1.32 bits per heavy atom. The number of unbranched alkanes of at least 4 members (excludes halogenated alkanes) is 1. The quantitative estimate of drug-likeness (QED) is 0.260. The fourth-order valence-corrected chi connectivity index (χ4v) is 5.08. The van der Waals surface area contributed by atoms with Crippen LogP contribution >= 0.6 is 7.81 Å².